The SMILES string of the molecule is CC(O)c1cc2cnc(Nc3ccc(N4CCN(C)CC4=O)cn3)nc2c(N2CCCC2)n1. The Balaban J connectivity index is 1.40. The zero-order chi connectivity index (χ0) is 22.9. The van der Waals surface area contributed by atoms with E-state index in [4.69, 9.17) is 9.97 Å². The van der Waals surface area contributed by atoms with Gasteiger partial charge in [-0.05, 0) is 45.0 Å². The lowest BCUT2D eigenvalue weighted by Gasteiger charge is -2.31. The Morgan fingerprint density at radius 3 is 2.58 bits per heavy atom. The molecule has 1 amide bonds. The number of nitrogens with one attached hydrogen (secondary N) is 1. The number of anilines is 4. The standard InChI is InChI=1S/C23H28N8O2/c1-15(32)18-11-16-12-25-23(28-21(16)22(26-18)30-7-3-4-8-30)27-19-6-5-17(13-24-19)31-10-9-29(2)14-20(31)33/h5-6,11-13,15,32H,3-4,7-10,14H2,1-2H3,(H,24,25,27,28). The summed E-state index contributed by atoms with van der Waals surface area (Å²) >= 11 is 0. The molecule has 3 aromatic heterocycles. The number of rotatable bonds is 5. The molecule has 1 atom stereocenters. The Morgan fingerprint density at radius 1 is 1.06 bits per heavy atom. The van der Waals surface area contributed by atoms with E-state index in [1.807, 2.05) is 30.1 Å². The molecule has 2 fully saturated rings. The number of hydrogen-bond donors (Lipinski definition) is 2. The molecule has 0 bridgehead atoms. The van der Waals surface area contributed by atoms with Gasteiger partial charge in [0.1, 0.15) is 11.3 Å². The number of carbonyl (C=O) groups is 1. The van der Waals surface area contributed by atoms with Crippen molar-refractivity contribution in [3.8, 4) is 0 Å². The lowest BCUT2D eigenvalue weighted by molar-refractivity contribution is -0.120. The number of nitrogens with zero attached hydrogens (tertiary/aromatic N) is 7. The number of likely N-dealkylation sites (N-methyl/N-ethyl adjacent to an activating group) is 1. The maximum absolute atomic E-state index is 12.3. The average molecular weight is 449 g/mol. The van der Waals surface area contributed by atoms with Crippen molar-refractivity contribution in [3.63, 3.8) is 0 Å². The van der Waals surface area contributed by atoms with Gasteiger partial charge in [0.15, 0.2) is 5.82 Å². The van der Waals surface area contributed by atoms with Gasteiger partial charge in [0.05, 0.1) is 30.2 Å². The summed E-state index contributed by atoms with van der Waals surface area (Å²) in [6.45, 7) is 5.45. The Labute approximate surface area is 192 Å². The van der Waals surface area contributed by atoms with Crippen molar-refractivity contribution in [3.05, 3.63) is 36.3 Å². The van der Waals surface area contributed by atoms with Gasteiger partial charge in [-0.3, -0.25) is 9.69 Å². The second kappa shape index (κ2) is 8.87. The van der Waals surface area contributed by atoms with Crippen LogP contribution in [0.15, 0.2) is 30.6 Å². The van der Waals surface area contributed by atoms with E-state index in [1.165, 1.54) is 0 Å². The highest BCUT2D eigenvalue weighted by atomic mass is 16.3. The number of aliphatic hydroxyl groups is 1. The predicted molar refractivity (Wildman–Crippen MR) is 127 cm³/mol. The summed E-state index contributed by atoms with van der Waals surface area (Å²) in [5.74, 6) is 1.87. The Hall–Kier alpha value is -3.37. The van der Waals surface area contributed by atoms with Crippen molar-refractivity contribution in [2.45, 2.75) is 25.9 Å². The number of amides is 1. The fraction of sp³-hybridized carbons (Fsp3) is 0.435. The Morgan fingerprint density at radius 2 is 1.88 bits per heavy atom. The lowest BCUT2D eigenvalue weighted by Crippen LogP contribution is -2.48. The molecule has 5 rings (SSSR count). The van der Waals surface area contributed by atoms with Crippen LogP contribution in [0.5, 0.6) is 0 Å². The molecule has 1 unspecified atom stereocenters. The lowest BCUT2D eigenvalue weighted by atomic mass is 10.2. The second-order valence-electron chi connectivity index (χ2n) is 8.68. The first-order chi connectivity index (χ1) is 16.0. The number of aromatic nitrogens is 4. The fourth-order valence-corrected chi connectivity index (χ4v) is 4.26. The molecule has 2 saturated heterocycles. The van der Waals surface area contributed by atoms with Crippen molar-refractivity contribution >= 4 is 40.1 Å². The van der Waals surface area contributed by atoms with E-state index in [1.54, 1.807) is 24.2 Å². The quantitative estimate of drug-likeness (QED) is 0.606. The van der Waals surface area contributed by atoms with Gasteiger partial charge in [-0.25, -0.2) is 19.9 Å². The highest BCUT2D eigenvalue weighted by Gasteiger charge is 2.23. The summed E-state index contributed by atoms with van der Waals surface area (Å²) in [5.41, 5.74) is 2.15. The molecule has 0 radical (unpaired) electrons. The van der Waals surface area contributed by atoms with Crippen LogP contribution in [0, 0.1) is 0 Å². The number of hydrogen-bond acceptors (Lipinski definition) is 9. The van der Waals surface area contributed by atoms with Crippen LogP contribution in [0.1, 0.15) is 31.6 Å². The van der Waals surface area contributed by atoms with Gasteiger partial charge in [-0.2, -0.15) is 0 Å². The molecule has 10 nitrogen and oxygen atoms in total. The Bertz CT molecular complexity index is 1160. The molecule has 172 valence electrons. The van der Waals surface area contributed by atoms with Crippen LogP contribution in [-0.4, -0.2) is 75.6 Å². The van der Waals surface area contributed by atoms with Gasteiger partial charge in [-0.1, -0.05) is 0 Å². The molecule has 0 aliphatic carbocycles. The van der Waals surface area contributed by atoms with Crippen molar-refractivity contribution < 1.29 is 9.90 Å². The average Bonchev–Trinajstić information content (AvgIpc) is 3.34. The van der Waals surface area contributed by atoms with Gasteiger partial charge < -0.3 is 20.2 Å². The number of carbonyl (C=O) groups excluding carboxylic acids is 1. The molecule has 3 aromatic rings. The minimum absolute atomic E-state index is 0.0719. The van der Waals surface area contributed by atoms with E-state index < -0.39 is 6.10 Å². The third kappa shape index (κ3) is 4.44. The van der Waals surface area contributed by atoms with Crippen molar-refractivity contribution in [2.75, 3.05) is 54.9 Å². The zero-order valence-corrected chi connectivity index (χ0v) is 18.9. The topological polar surface area (TPSA) is 111 Å². The van der Waals surface area contributed by atoms with Crippen molar-refractivity contribution in [1.82, 2.24) is 24.8 Å². The molecule has 0 aromatic carbocycles. The summed E-state index contributed by atoms with van der Waals surface area (Å²) in [6.07, 6.45) is 5.01. The normalized spacial score (nSPS) is 18.2. The third-order valence-electron chi connectivity index (χ3n) is 6.11. The van der Waals surface area contributed by atoms with Crippen LogP contribution in [0.2, 0.25) is 0 Å². The van der Waals surface area contributed by atoms with E-state index in [0.29, 0.717) is 30.5 Å². The summed E-state index contributed by atoms with van der Waals surface area (Å²) in [6, 6.07) is 5.54. The monoisotopic (exact) mass is 448 g/mol. The molecule has 2 aliphatic heterocycles. The minimum Gasteiger partial charge on any atom is -0.387 e. The van der Waals surface area contributed by atoms with Gasteiger partial charge in [-0.15, -0.1) is 0 Å². The largest absolute Gasteiger partial charge is 0.387 e. The van der Waals surface area contributed by atoms with E-state index in [9.17, 15) is 9.90 Å². The third-order valence-corrected chi connectivity index (χ3v) is 6.11. The van der Waals surface area contributed by atoms with Crippen LogP contribution < -0.4 is 15.1 Å². The molecular weight excluding hydrogens is 420 g/mol. The first-order valence-corrected chi connectivity index (χ1v) is 11.3. The molecule has 10 heteroatoms. The summed E-state index contributed by atoms with van der Waals surface area (Å²) in [4.78, 5) is 36.6. The second-order valence-corrected chi connectivity index (χ2v) is 8.68. The van der Waals surface area contributed by atoms with E-state index >= 15 is 0 Å². The van der Waals surface area contributed by atoms with E-state index in [0.717, 1.165) is 54.9 Å². The summed E-state index contributed by atoms with van der Waals surface area (Å²) in [7, 11) is 1.94. The van der Waals surface area contributed by atoms with Crippen LogP contribution in [0.25, 0.3) is 10.9 Å². The molecule has 0 spiro atoms. The smallest absolute Gasteiger partial charge is 0.241 e. The van der Waals surface area contributed by atoms with Gasteiger partial charge >= 0.3 is 0 Å². The van der Waals surface area contributed by atoms with Gasteiger partial charge in [0.25, 0.3) is 0 Å². The maximum atomic E-state index is 12.3. The number of aliphatic hydroxyl groups excluding tert-OH is 1. The highest BCUT2D eigenvalue weighted by molar-refractivity contribution is 5.95. The molecule has 0 saturated carbocycles. The molecule has 33 heavy (non-hydrogen) atoms. The fourth-order valence-electron chi connectivity index (χ4n) is 4.26. The highest BCUT2D eigenvalue weighted by Crippen LogP contribution is 2.29. The number of fused-ring (bicyclic) bond motifs is 1. The summed E-state index contributed by atoms with van der Waals surface area (Å²) < 4.78 is 0. The predicted octanol–water partition coefficient (Wildman–Crippen LogP) is 2.10. The molecule has 2 aliphatic rings. The van der Waals surface area contributed by atoms with E-state index in [2.05, 4.69) is 20.2 Å². The summed E-state index contributed by atoms with van der Waals surface area (Å²) in [5, 5.41) is 14.1. The maximum Gasteiger partial charge on any atom is 0.241 e. The molecule has 2 N–H and O–H groups in total. The van der Waals surface area contributed by atoms with Gasteiger partial charge in [0, 0.05) is 37.8 Å². The van der Waals surface area contributed by atoms with Gasteiger partial charge in [0.2, 0.25) is 11.9 Å². The van der Waals surface area contributed by atoms with Crippen LogP contribution in [-0.2, 0) is 4.79 Å². The van der Waals surface area contributed by atoms with Crippen LogP contribution in [0.3, 0.4) is 0 Å². The zero-order valence-electron chi connectivity index (χ0n) is 18.9. The first-order valence-electron chi connectivity index (χ1n) is 11.3. The van der Waals surface area contributed by atoms with E-state index in [-0.39, 0.29) is 5.91 Å². The first kappa shape index (κ1) is 21.5. The minimum atomic E-state index is -0.663. The van der Waals surface area contributed by atoms with Crippen molar-refractivity contribution in [1.29, 1.82) is 0 Å². The van der Waals surface area contributed by atoms with Crippen LogP contribution in [0.4, 0.5) is 23.3 Å². The Kier molecular flexibility index (Phi) is 5.77. The molecule has 5 heterocycles. The number of pyridine rings is 2. The number of piperazine rings is 1. The molecular formula is C23H28N8O2. The van der Waals surface area contributed by atoms with Crippen LogP contribution >= 0.6 is 0 Å². The van der Waals surface area contributed by atoms with Crippen molar-refractivity contribution in [2.24, 2.45) is 0 Å².